The van der Waals surface area contributed by atoms with Crippen LogP contribution in [0.3, 0.4) is 0 Å². The molecule has 5 aliphatic rings. The average Bonchev–Trinajstić information content (AvgIpc) is 3.13. The molecule has 42 heavy (non-hydrogen) atoms. The molecule has 0 radical (unpaired) electrons. The lowest BCUT2D eigenvalue weighted by Gasteiger charge is -2.56. The molecule has 4 aliphatic carbocycles. The van der Waals surface area contributed by atoms with Crippen molar-refractivity contribution in [1.82, 2.24) is 0 Å². The van der Waals surface area contributed by atoms with Crippen LogP contribution in [0.25, 0.3) is 0 Å². The van der Waals surface area contributed by atoms with Crippen LogP contribution in [0.4, 0.5) is 0 Å². The second kappa shape index (κ2) is 10.4. The summed E-state index contributed by atoms with van der Waals surface area (Å²) in [6.45, 7) is 18.0. The van der Waals surface area contributed by atoms with Crippen LogP contribution in [0.15, 0.2) is 57.9 Å². The van der Waals surface area contributed by atoms with Crippen molar-refractivity contribution in [3.8, 4) is 0 Å². The van der Waals surface area contributed by atoms with Gasteiger partial charge in [0.25, 0.3) is 0 Å². The minimum atomic E-state index is -1.42. The Morgan fingerprint density at radius 3 is 2.38 bits per heavy atom. The minimum absolute atomic E-state index is 0.0417. The maximum atomic E-state index is 14.8. The Bertz CT molecular complexity index is 1370. The predicted octanol–water partition coefficient (Wildman–Crippen LogP) is 7.52. The number of aliphatic hydroxyl groups is 1. The Labute approximate surface area is 251 Å². The van der Waals surface area contributed by atoms with Gasteiger partial charge in [0.1, 0.15) is 17.4 Å². The van der Waals surface area contributed by atoms with Crippen molar-refractivity contribution < 1.29 is 29.0 Å². The summed E-state index contributed by atoms with van der Waals surface area (Å²) in [6.07, 6.45) is 11.9. The van der Waals surface area contributed by atoms with Gasteiger partial charge in [-0.3, -0.25) is 9.59 Å². The standard InChI is InChI=1S/C36H48O6/c1-19-11-10-12-20(2)29-22(4)15-26-27(41-25(7)37)14-13-21(3)30(26)35(29,9)31(38)28-32(39)36(42-33(28)40)18-24(6)23(5)17-34(36,8)16-19/h12,15-17,21,24,26-27,29-30,38H,10-11,13-14,18H2,1-9H3/b19-16+,20-12+,31-28-/t21-,24+,26?,27-,29+,30+,34+,35+,36+/m0/s1. The number of carbonyl (C=O) groups is 3. The van der Waals surface area contributed by atoms with E-state index in [1.807, 2.05) is 13.8 Å². The first kappa shape index (κ1) is 30.6. The van der Waals surface area contributed by atoms with Gasteiger partial charge in [-0.15, -0.1) is 0 Å². The van der Waals surface area contributed by atoms with Crippen molar-refractivity contribution in [2.75, 3.05) is 0 Å². The van der Waals surface area contributed by atoms with Gasteiger partial charge in [-0.1, -0.05) is 67.4 Å². The Morgan fingerprint density at radius 1 is 1.02 bits per heavy atom. The van der Waals surface area contributed by atoms with Gasteiger partial charge in [-0.2, -0.15) is 0 Å². The normalized spacial score (nSPS) is 46.4. The second-order valence-corrected chi connectivity index (χ2v) is 14.5. The highest BCUT2D eigenvalue weighted by molar-refractivity contribution is 6.26. The summed E-state index contributed by atoms with van der Waals surface area (Å²) < 4.78 is 12.1. The summed E-state index contributed by atoms with van der Waals surface area (Å²) in [6, 6.07) is 0. The van der Waals surface area contributed by atoms with Gasteiger partial charge < -0.3 is 14.6 Å². The van der Waals surface area contributed by atoms with E-state index >= 15 is 0 Å². The monoisotopic (exact) mass is 576 g/mol. The van der Waals surface area contributed by atoms with E-state index in [4.69, 9.17) is 9.47 Å². The number of ether oxygens (including phenoxy) is 2. The molecular formula is C36H48O6. The SMILES string of the molecule is CC(=O)O[C@H]1CC[C@H](C)[C@@H]2C1C=C(C)[C@H]1/C(C)=C/CC/C(C)=C/[C@]3(C)C=C(C)[C@H](C)C[C@]34OC(=O)/C(=C(\O)[C@]12C)C4=O. The van der Waals surface area contributed by atoms with Crippen LogP contribution >= 0.6 is 0 Å². The zero-order chi connectivity index (χ0) is 30.9. The van der Waals surface area contributed by atoms with Crippen molar-refractivity contribution in [2.24, 2.45) is 40.4 Å². The quantitative estimate of drug-likeness (QED) is 0.197. The summed E-state index contributed by atoms with van der Waals surface area (Å²) in [5.41, 5.74) is 0.982. The third-order valence-corrected chi connectivity index (χ3v) is 11.5. The lowest BCUT2D eigenvalue weighted by Crippen LogP contribution is -2.54. The Kier molecular flexibility index (Phi) is 7.55. The third-order valence-electron chi connectivity index (χ3n) is 11.5. The summed E-state index contributed by atoms with van der Waals surface area (Å²) >= 11 is 0. The molecule has 1 spiro atoms. The molecule has 0 aromatic carbocycles. The van der Waals surface area contributed by atoms with Crippen LogP contribution in [-0.2, 0) is 23.9 Å². The van der Waals surface area contributed by atoms with Crippen molar-refractivity contribution in [1.29, 1.82) is 0 Å². The number of hydrogen-bond donors (Lipinski definition) is 1. The summed E-state index contributed by atoms with van der Waals surface area (Å²) in [5.74, 6) is -2.01. The van der Waals surface area contributed by atoms with Gasteiger partial charge in [0, 0.05) is 30.6 Å². The van der Waals surface area contributed by atoms with Gasteiger partial charge in [-0.25, -0.2) is 4.79 Å². The van der Waals surface area contributed by atoms with E-state index in [0.29, 0.717) is 6.42 Å². The maximum Gasteiger partial charge on any atom is 0.346 e. The van der Waals surface area contributed by atoms with Crippen LogP contribution in [-0.4, -0.2) is 34.5 Å². The zero-order valence-corrected chi connectivity index (χ0v) is 26.8. The predicted molar refractivity (Wildman–Crippen MR) is 162 cm³/mol. The van der Waals surface area contributed by atoms with Gasteiger partial charge in [0.15, 0.2) is 5.60 Å². The molecule has 1 heterocycles. The third kappa shape index (κ3) is 4.38. The fourth-order valence-corrected chi connectivity index (χ4v) is 9.60. The van der Waals surface area contributed by atoms with Gasteiger partial charge in [0.2, 0.25) is 5.78 Å². The van der Waals surface area contributed by atoms with Crippen molar-refractivity contribution in [3.63, 3.8) is 0 Å². The summed E-state index contributed by atoms with van der Waals surface area (Å²) in [7, 11) is 0. The number of esters is 2. The van der Waals surface area contributed by atoms with Gasteiger partial charge >= 0.3 is 11.9 Å². The number of allylic oxidation sites excluding steroid dienone is 6. The minimum Gasteiger partial charge on any atom is -0.511 e. The Morgan fingerprint density at radius 2 is 1.71 bits per heavy atom. The van der Waals surface area contributed by atoms with Crippen molar-refractivity contribution >= 4 is 17.7 Å². The van der Waals surface area contributed by atoms with Crippen LogP contribution in [0, 0.1) is 40.4 Å². The second-order valence-electron chi connectivity index (χ2n) is 14.5. The molecule has 9 atom stereocenters. The van der Waals surface area contributed by atoms with E-state index in [0.717, 1.165) is 48.0 Å². The van der Waals surface area contributed by atoms with E-state index < -0.39 is 28.2 Å². The van der Waals surface area contributed by atoms with E-state index in [9.17, 15) is 19.5 Å². The highest BCUT2D eigenvalue weighted by atomic mass is 16.6. The van der Waals surface area contributed by atoms with Gasteiger partial charge in [-0.05, 0) is 78.1 Å². The first-order chi connectivity index (χ1) is 19.6. The topological polar surface area (TPSA) is 89.9 Å². The van der Waals surface area contributed by atoms with Crippen LogP contribution in [0.1, 0.15) is 94.4 Å². The molecule has 0 aromatic rings. The summed E-state index contributed by atoms with van der Waals surface area (Å²) in [5, 5.41) is 12.5. The highest BCUT2D eigenvalue weighted by Gasteiger charge is 2.66. The largest absolute Gasteiger partial charge is 0.511 e. The lowest BCUT2D eigenvalue weighted by atomic mass is 9.49. The number of Topliss-reactive ketones (excluding diaryl/α,β-unsaturated/α-hetero) is 1. The Balaban J connectivity index is 1.80. The number of rotatable bonds is 1. The molecule has 2 fully saturated rings. The number of ketones is 1. The van der Waals surface area contributed by atoms with E-state index in [1.54, 1.807) is 0 Å². The van der Waals surface area contributed by atoms with Crippen LogP contribution in [0.5, 0.6) is 0 Å². The molecule has 0 amide bonds. The lowest BCUT2D eigenvalue weighted by molar-refractivity contribution is -0.162. The number of hydrogen-bond acceptors (Lipinski definition) is 6. The molecule has 6 nitrogen and oxygen atoms in total. The molecule has 1 aliphatic heterocycles. The molecule has 6 heteroatoms. The molecule has 0 aromatic heterocycles. The first-order valence-corrected chi connectivity index (χ1v) is 15.7. The van der Waals surface area contributed by atoms with E-state index in [-0.39, 0.29) is 53.0 Å². The smallest absolute Gasteiger partial charge is 0.346 e. The number of carbonyl (C=O) groups excluding carboxylic acids is 3. The molecular weight excluding hydrogens is 528 g/mol. The number of aliphatic hydroxyl groups excluding tert-OH is 1. The molecule has 2 bridgehead atoms. The molecule has 5 rings (SSSR count). The number of fused-ring (bicyclic) bond motifs is 4. The summed E-state index contributed by atoms with van der Waals surface area (Å²) in [4.78, 5) is 40.8. The Hall–Kier alpha value is -2.89. The molecule has 1 saturated heterocycles. The average molecular weight is 577 g/mol. The van der Waals surface area contributed by atoms with Crippen LogP contribution < -0.4 is 0 Å². The van der Waals surface area contributed by atoms with Crippen molar-refractivity contribution in [3.05, 3.63) is 57.9 Å². The molecule has 1 unspecified atom stereocenters. The van der Waals surface area contributed by atoms with Crippen molar-refractivity contribution in [2.45, 2.75) is 106 Å². The van der Waals surface area contributed by atoms with E-state index in [2.05, 4.69) is 65.8 Å². The fourth-order valence-electron chi connectivity index (χ4n) is 9.60. The van der Waals surface area contributed by atoms with Gasteiger partial charge in [0.05, 0.1) is 5.41 Å². The van der Waals surface area contributed by atoms with E-state index in [1.165, 1.54) is 6.92 Å². The highest BCUT2D eigenvalue weighted by Crippen LogP contribution is 2.62. The zero-order valence-electron chi connectivity index (χ0n) is 26.8. The molecule has 1 N–H and O–H groups in total. The molecule has 228 valence electrons. The fraction of sp³-hybridized carbons (Fsp3) is 0.639. The maximum absolute atomic E-state index is 14.8. The first-order valence-electron chi connectivity index (χ1n) is 15.7. The molecule has 1 saturated carbocycles. The van der Waals surface area contributed by atoms with Crippen LogP contribution in [0.2, 0.25) is 0 Å².